The Bertz CT molecular complexity index is 590. The lowest BCUT2D eigenvalue weighted by Crippen LogP contribution is -2.28. The Morgan fingerprint density at radius 1 is 1.25 bits per heavy atom. The van der Waals surface area contributed by atoms with Crippen molar-refractivity contribution in [2.75, 3.05) is 0 Å². The van der Waals surface area contributed by atoms with Crippen LogP contribution in [0, 0.1) is 6.92 Å². The predicted molar refractivity (Wildman–Crippen MR) is 81.0 cm³/mol. The van der Waals surface area contributed by atoms with Crippen molar-refractivity contribution in [2.24, 2.45) is 11.5 Å². The summed E-state index contributed by atoms with van der Waals surface area (Å²) < 4.78 is 5.97. The van der Waals surface area contributed by atoms with E-state index < -0.39 is 5.91 Å². The van der Waals surface area contributed by atoms with Gasteiger partial charge in [-0.15, -0.1) is 11.3 Å². The lowest BCUT2D eigenvalue weighted by Gasteiger charge is -2.22. The predicted octanol–water partition coefficient (Wildman–Crippen LogP) is 2.62. The van der Waals surface area contributed by atoms with Gasteiger partial charge in [0.1, 0.15) is 11.9 Å². The van der Waals surface area contributed by atoms with E-state index in [1.165, 1.54) is 5.56 Å². The van der Waals surface area contributed by atoms with Crippen molar-refractivity contribution >= 4 is 17.2 Å². The van der Waals surface area contributed by atoms with Gasteiger partial charge in [-0.25, -0.2) is 0 Å². The first kappa shape index (κ1) is 14.6. The number of primary amides is 1. The number of carbonyl (C=O) groups is 1. The topological polar surface area (TPSA) is 78.3 Å². The molecule has 2 aromatic rings. The molecule has 2 unspecified atom stereocenters. The van der Waals surface area contributed by atoms with E-state index in [1.54, 1.807) is 35.6 Å². The van der Waals surface area contributed by atoms with E-state index in [0.717, 1.165) is 4.88 Å². The summed E-state index contributed by atoms with van der Waals surface area (Å²) in [6, 6.07) is 8.68. The van der Waals surface area contributed by atoms with E-state index in [0.29, 0.717) is 11.3 Å². The number of aryl methyl sites for hydroxylation is 1. The molecule has 4 nitrogen and oxygen atoms in total. The molecule has 1 aromatic heterocycles. The Hall–Kier alpha value is -1.85. The smallest absolute Gasteiger partial charge is 0.248 e. The van der Waals surface area contributed by atoms with Crippen LogP contribution in [0.2, 0.25) is 0 Å². The zero-order chi connectivity index (χ0) is 14.7. The van der Waals surface area contributed by atoms with Gasteiger partial charge in [-0.05, 0) is 55.1 Å². The van der Waals surface area contributed by atoms with Crippen LogP contribution in [0.1, 0.15) is 33.8 Å². The second-order valence-corrected chi connectivity index (χ2v) is 5.70. The number of nitrogens with two attached hydrogens (primary N) is 2. The summed E-state index contributed by atoms with van der Waals surface area (Å²) in [4.78, 5) is 12.2. The molecule has 0 saturated carbocycles. The Balaban J connectivity index is 2.21. The van der Waals surface area contributed by atoms with Crippen molar-refractivity contribution in [3.8, 4) is 5.75 Å². The third-order valence-corrected chi connectivity index (χ3v) is 4.12. The lowest BCUT2D eigenvalue weighted by molar-refractivity contribution is 0.1000. The zero-order valence-electron chi connectivity index (χ0n) is 11.5. The molecule has 0 aliphatic rings. The summed E-state index contributed by atoms with van der Waals surface area (Å²) in [5, 5.41) is 2.03. The number of benzene rings is 1. The SMILES string of the molecule is Cc1ccsc1C(Oc1ccc(C(N)=O)cc1)C(C)N. The first-order chi connectivity index (χ1) is 9.49. The van der Waals surface area contributed by atoms with Gasteiger partial charge in [0.25, 0.3) is 0 Å². The number of thiophene rings is 1. The summed E-state index contributed by atoms with van der Waals surface area (Å²) in [5.74, 6) is 0.222. The molecule has 1 heterocycles. The Morgan fingerprint density at radius 3 is 2.35 bits per heavy atom. The van der Waals surface area contributed by atoms with Crippen LogP contribution in [-0.4, -0.2) is 11.9 Å². The number of hydrogen-bond acceptors (Lipinski definition) is 4. The Morgan fingerprint density at radius 2 is 1.90 bits per heavy atom. The first-order valence-electron chi connectivity index (χ1n) is 6.35. The molecule has 2 atom stereocenters. The summed E-state index contributed by atoms with van der Waals surface area (Å²) in [5.41, 5.74) is 12.9. The van der Waals surface area contributed by atoms with Crippen LogP contribution in [0.5, 0.6) is 5.75 Å². The van der Waals surface area contributed by atoms with Gasteiger partial charge < -0.3 is 16.2 Å². The number of carbonyl (C=O) groups excluding carboxylic acids is 1. The highest BCUT2D eigenvalue weighted by Crippen LogP contribution is 2.30. The van der Waals surface area contributed by atoms with Crippen LogP contribution in [0.15, 0.2) is 35.7 Å². The minimum absolute atomic E-state index is 0.136. The molecule has 0 bridgehead atoms. The minimum Gasteiger partial charge on any atom is -0.483 e. The standard InChI is InChI=1S/C15H18N2O2S/c1-9-7-8-20-14(9)13(10(2)16)19-12-5-3-11(4-6-12)15(17)18/h3-8,10,13H,16H2,1-2H3,(H2,17,18). The molecule has 0 aliphatic heterocycles. The van der Waals surface area contributed by atoms with Gasteiger partial charge in [-0.2, -0.15) is 0 Å². The van der Waals surface area contributed by atoms with Gasteiger partial charge >= 0.3 is 0 Å². The van der Waals surface area contributed by atoms with Crippen LogP contribution in [0.4, 0.5) is 0 Å². The molecule has 0 radical (unpaired) electrons. The zero-order valence-corrected chi connectivity index (χ0v) is 12.3. The highest BCUT2D eigenvalue weighted by Gasteiger charge is 2.21. The molecule has 5 heteroatoms. The lowest BCUT2D eigenvalue weighted by atomic mass is 10.1. The average molecular weight is 290 g/mol. The van der Waals surface area contributed by atoms with Gasteiger partial charge in [-0.1, -0.05) is 0 Å². The van der Waals surface area contributed by atoms with E-state index in [1.807, 2.05) is 19.2 Å². The largest absolute Gasteiger partial charge is 0.483 e. The number of amides is 1. The van der Waals surface area contributed by atoms with Crippen LogP contribution in [0.25, 0.3) is 0 Å². The molecule has 20 heavy (non-hydrogen) atoms. The van der Waals surface area contributed by atoms with Gasteiger partial charge in [0.15, 0.2) is 0 Å². The summed E-state index contributed by atoms with van der Waals surface area (Å²) in [6.45, 7) is 3.96. The molecule has 1 aromatic carbocycles. The van der Waals surface area contributed by atoms with Gasteiger partial charge in [0.2, 0.25) is 5.91 Å². The molecule has 0 aliphatic carbocycles. The first-order valence-corrected chi connectivity index (χ1v) is 7.23. The van der Waals surface area contributed by atoms with Crippen molar-refractivity contribution in [3.63, 3.8) is 0 Å². The molecule has 0 saturated heterocycles. The molecular formula is C15H18N2O2S. The van der Waals surface area contributed by atoms with E-state index in [4.69, 9.17) is 16.2 Å². The normalized spacial score (nSPS) is 13.8. The second kappa shape index (κ2) is 6.07. The van der Waals surface area contributed by atoms with Gasteiger partial charge in [-0.3, -0.25) is 4.79 Å². The Kier molecular flexibility index (Phi) is 4.42. The van der Waals surface area contributed by atoms with Crippen molar-refractivity contribution in [1.82, 2.24) is 0 Å². The summed E-state index contributed by atoms with van der Waals surface area (Å²) >= 11 is 1.63. The van der Waals surface area contributed by atoms with E-state index >= 15 is 0 Å². The fraction of sp³-hybridized carbons (Fsp3) is 0.267. The molecule has 106 valence electrons. The van der Waals surface area contributed by atoms with Crippen molar-refractivity contribution in [3.05, 3.63) is 51.7 Å². The second-order valence-electron chi connectivity index (χ2n) is 4.75. The third kappa shape index (κ3) is 3.18. The van der Waals surface area contributed by atoms with Crippen LogP contribution in [0.3, 0.4) is 0 Å². The maximum absolute atomic E-state index is 11.0. The summed E-state index contributed by atoms with van der Waals surface area (Å²) in [6.07, 6.45) is -0.200. The fourth-order valence-electron chi connectivity index (χ4n) is 1.92. The van der Waals surface area contributed by atoms with Crippen molar-refractivity contribution in [2.45, 2.75) is 26.0 Å². The molecule has 0 spiro atoms. The molecule has 4 N–H and O–H groups in total. The van der Waals surface area contributed by atoms with Crippen LogP contribution in [-0.2, 0) is 0 Å². The maximum Gasteiger partial charge on any atom is 0.248 e. The van der Waals surface area contributed by atoms with Gasteiger partial charge in [0, 0.05) is 16.5 Å². The minimum atomic E-state index is -0.450. The molecule has 0 fully saturated rings. The van der Waals surface area contributed by atoms with Crippen molar-refractivity contribution in [1.29, 1.82) is 0 Å². The van der Waals surface area contributed by atoms with Crippen LogP contribution >= 0.6 is 11.3 Å². The average Bonchev–Trinajstić information content (AvgIpc) is 2.82. The Labute approximate surface area is 122 Å². The molecule has 2 rings (SSSR count). The molecule has 1 amide bonds. The number of rotatable bonds is 5. The van der Waals surface area contributed by atoms with Crippen LogP contribution < -0.4 is 16.2 Å². The fourth-order valence-corrected chi connectivity index (χ4v) is 2.99. The number of ether oxygens (including phenoxy) is 1. The third-order valence-electron chi connectivity index (χ3n) is 3.04. The van der Waals surface area contributed by atoms with Crippen molar-refractivity contribution < 1.29 is 9.53 Å². The quantitative estimate of drug-likeness (QED) is 0.888. The number of hydrogen-bond donors (Lipinski definition) is 2. The highest BCUT2D eigenvalue weighted by molar-refractivity contribution is 7.10. The van der Waals surface area contributed by atoms with E-state index in [9.17, 15) is 4.79 Å². The van der Waals surface area contributed by atoms with E-state index in [2.05, 4.69) is 6.07 Å². The maximum atomic E-state index is 11.0. The van der Waals surface area contributed by atoms with Gasteiger partial charge in [0.05, 0.1) is 0 Å². The monoisotopic (exact) mass is 290 g/mol. The molecular weight excluding hydrogens is 272 g/mol. The summed E-state index contributed by atoms with van der Waals surface area (Å²) in [7, 11) is 0. The van der Waals surface area contributed by atoms with E-state index in [-0.39, 0.29) is 12.1 Å². The highest BCUT2D eigenvalue weighted by atomic mass is 32.1.